The molecule has 0 radical (unpaired) electrons. The predicted molar refractivity (Wildman–Crippen MR) is 55.0 cm³/mol. The summed E-state index contributed by atoms with van der Waals surface area (Å²) < 4.78 is 13.0. The number of benzene rings is 1. The van der Waals surface area contributed by atoms with Crippen molar-refractivity contribution in [3.8, 4) is 0 Å². The second kappa shape index (κ2) is 4.51. The van der Waals surface area contributed by atoms with Crippen LogP contribution in [0, 0.1) is 5.82 Å². The molecular weight excluding hydrogens is 195 g/mol. The highest BCUT2D eigenvalue weighted by atomic mass is 19.1. The molecule has 0 bridgehead atoms. The minimum atomic E-state index is -0.277. The van der Waals surface area contributed by atoms with Crippen LogP contribution in [0.5, 0.6) is 0 Å². The van der Waals surface area contributed by atoms with E-state index in [9.17, 15) is 9.18 Å². The maximum atomic E-state index is 13.0. The van der Waals surface area contributed by atoms with Gasteiger partial charge < -0.3 is 15.4 Å². The van der Waals surface area contributed by atoms with E-state index in [2.05, 4.69) is 10.6 Å². The Labute approximate surface area is 87.7 Å². The maximum Gasteiger partial charge on any atom is 0.138 e. The van der Waals surface area contributed by atoms with Crippen LogP contribution in [-0.2, 0) is 4.79 Å². The summed E-state index contributed by atoms with van der Waals surface area (Å²) in [6.07, 6.45) is 0.863. The number of carbonyl (C=O) groups is 1. The first-order chi connectivity index (χ1) is 7.31. The van der Waals surface area contributed by atoms with E-state index in [0.717, 1.165) is 24.9 Å². The Morgan fingerprint density at radius 2 is 2.13 bits per heavy atom. The molecule has 1 aliphatic heterocycles. The molecule has 1 saturated heterocycles. The van der Waals surface area contributed by atoms with E-state index in [1.54, 1.807) is 6.07 Å². The van der Waals surface area contributed by atoms with Gasteiger partial charge in [0.25, 0.3) is 0 Å². The molecule has 1 aromatic carbocycles. The average molecular weight is 208 g/mol. The van der Waals surface area contributed by atoms with Gasteiger partial charge in [-0.1, -0.05) is 12.1 Å². The van der Waals surface area contributed by atoms with Crippen molar-refractivity contribution in [1.82, 2.24) is 10.6 Å². The van der Waals surface area contributed by atoms with Crippen LogP contribution >= 0.6 is 0 Å². The van der Waals surface area contributed by atoms with Crippen molar-refractivity contribution in [2.75, 3.05) is 13.1 Å². The summed E-state index contributed by atoms with van der Waals surface area (Å²) in [6.45, 7) is 1.54. The topological polar surface area (TPSA) is 41.1 Å². The second-order valence-corrected chi connectivity index (χ2v) is 3.60. The van der Waals surface area contributed by atoms with Crippen molar-refractivity contribution < 1.29 is 9.18 Å². The summed E-state index contributed by atoms with van der Waals surface area (Å²) in [5.41, 5.74) is 0.805. The van der Waals surface area contributed by atoms with E-state index in [1.807, 2.05) is 6.07 Å². The van der Waals surface area contributed by atoms with Gasteiger partial charge in [-0.2, -0.15) is 0 Å². The van der Waals surface area contributed by atoms with Gasteiger partial charge in [0, 0.05) is 13.1 Å². The molecule has 2 rings (SSSR count). The molecular formula is C11H13FN2O. The van der Waals surface area contributed by atoms with Crippen LogP contribution in [-0.4, -0.2) is 25.4 Å². The van der Waals surface area contributed by atoms with Gasteiger partial charge in [0.2, 0.25) is 0 Å². The number of halogens is 1. The fourth-order valence-electron chi connectivity index (χ4n) is 1.86. The third kappa shape index (κ3) is 2.22. The van der Waals surface area contributed by atoms with Gasteiger partial charge in [-0.25, -0.2) is 4.39 Å². The highest BCUT2D eigenvalue weighted by molar-refractivity contribution is 5.60. The van der Waals surface area contributed by atoms with Gasteiger partial charge in [0.15, 0.2) is 0 Å². The normalized spacial score (nSPS) is 26.2. The van der Waals surface area contributed by atoms with Crippen molar-refractivity contribution in [2.45, 2.75) is 12.1 Å². The Hall–Kier alpha value is -1.26. The van der Waals surface area contributed by atoms with E-state index in [0.29, 0.717) is 0 Å². The lowest BCUT2D eigenvalue weighted by Gasteiger charge is -2.30. The van der Waals surface area contributed by atoms with E-state index in [-0.39, 0.29) is 17.9 Å². The Morgan fingerprint density at radius 3 is 2.87 bits per heavy atom. The lowest BCUT2D eigenvalue weighted by molar-refractivity contribution is -0.110. The molecule has 0 saturated carbocycles. The molecule has 2 unspecified atom stereocenters. The molecule has 15 heavy (non-hydrogen) atoms. The van der Waals surface area contributed by atoms with Crippen molar-refractivity contribution in [3.05, 3.63) is 35.6 Å². The molecule has 0 aliphatic carbocycles. The smallest absolute Gasteiger partial charge is 0.138 e. The molecule has 3 nitrogen and oxygen atoms in total. The minimum absolute atomic E-state index is 0.132. The first-order valence-electron chi connectivity index (χ1n) is 4.99. The van der Waals surface area contributed by atoms with Crippen molar-refractivity contribution >= 4 is 6.29 Å². The van der Waals surface area contributed by atoms with Crippen LogP contribution in [0.3, 0.4) is 0 Å². The van der Waals surface area contributed by atoms with Crippen LogP contribution in [0.1, 0.15) is 11.6 Å². The molecule has 1 fully saturated rings. The predicted octanol–water partition coefficient (Wildman–Crippen LogP) is 0.627. The Kier molecular flexibility index (Phi) is 3.08. The molecule has 1 heterocycles. The summed E-state index contributed by atoms with van der Waals surface area (Å²) in [7, 11) is 0. The van der Waals surface area contributed by atoms with E-state index >= 15 is 0 Å². The quantitative estimate of drug-likeness (QED) is 0.700. The number of carbonyl (C=O) groups excluding carboxylic acids is 1. The summed E-state index contributed by atoms with van der Waals surface area (Å²) in [5, 5.41) is 6.29. The lowest BCUT2D eigenvalue weighted by atomic mass is 9.98. The van der Waals surface area contributed by atoms with Gasteiger partial charge >= 0.3 is 0 Å². The molecule has 2 N–H and O–H groups in total. The average Bonchev–Trinajstić information content (AvgIpc) is 2.29. The number of nitrogens with one attached hydrogen (secondary N) is 2. The number of aldehydes is 1. The minimum Gasteiger partial charge on any atom is -0.307 e. The van der Waals surface area contributed by atoms with Crippen LogP contribution < -0.4 is 10.6 Å². The number of rotatable bonds is 2. The Balaban J connectivity index is 2.23. The van der Waals surface area contributed by atoms with Crippen molar-refractivity contribution in [1.29, 1.82) is 0 Å². The van der Waals surface area contributed by atoms with Gasteiger partial charge in [-0.05, 0) is 17.7 Å². The number of hydrogen-bond donors (Lipinski definition) is 2. The Morgan fingerprint density at radius 1 is 1.33 bits per heavy atom. The lowest BCUT2D eigenvalue weighted by Crippen LogP contribution is -2.51. The zero-order chi connectivity index (χ0) is 10.7. The highest BCUT2D eigenvalue weighted by Crippen LogP contribution is 2.18. The summed E-state index contributed by atoms with van der Waals surface area (Å²) >= 11 is 0. The maximum absolute atomic E-state index is 13.0. The standard InChI is InChI=1S/C11H13FN2O/c12-9-3-1-2-8(6-9)11-10(7-15)13-4-5-14-11/h1-3,6-7,10-11,13-14H,4-5H2. The second-order valence-electron chi connectivity index (χ2n) is 3.60. The van der Waals surface area contributed by atoms with Crippen LogP contribution in [0.2, 0.25) is 0 Å². The molecule has 1 aliphatic rings. The molecule has 1 aromatic rings. The van der Waals surface area contributed by atoms with Gasteiger partial charge in [-0.15, -0.1) is 0 Å². The Bertz CT molecular complexity index is 356. The molecule has 0 aromatic heterocycles. The van der Waals surface area contributed by atoms with E-state index in [1.165, 1.54) is 12.1 Å². The molecule has 0 amide bonds. The number of hydrogen-bond acceptors (Lipinski definition) is 3. The number of piperazine rings is 1. The molecule has 4 heteroatoms. The van der Waals surface area contributed by atoms with Crippen molar-refractivity contribution in [3.63, 3.8) is 0 Å². The van der Waals surface area contributed by atoms with E-state index in [4.69, 9.17) is 0 Å². The third-order valence-corrected chi connectivity index (χ3v) is 2.58. The summed E-state index contributed by atoms with van der Waals surface area (Å²) in [4.78, 5) is 10.8. The SMILES string of the molecule is O=CC1NCCNC1c1cccc(F)c1. The fraction of sp³-hybridized carbons (Fsp3) is 0.364. The third-order valence-electron chi connectivity index (χ3n) is 2.58. The van der Waals surface area contributed by atoms with Crippen molar-refractivity contribution in [2.24, 2.45) is 0 Å². The van der Waals surface area contributed by atoms with Gasteiger partial charge in [0.05, 0.1) is 12.1 Å². The fourth-order valence-corrected chi connectivity index (χ4v) is 1.86. The monoisotopic (exact) mass is 208 g/mol. The zero-order valence-electron chi connectivity index (χ0n) is 8.24. The molecule has 80 valence electrons. The van der Waals surface area contributed by atoms with Crippen LogP contribution in [0.25, 0.3) is 0 Å². The van der Waals surface area contributed by atoms with Crippen LogP contribution in [0.15, 0.2) is 24.3 Å². The van der Waals surface area contributed by atoms with Crippen LogP contribution in [0.4, 0.5) is 4.39 Å². The van der Waals surface area contributed by atoms with Gasteiger partial charge in [0.1, 0.15) is 12.1 Å². The molecule has 2 atom stereocenters. The zero-order valence-corrected chi connectivity index (χ0v) is 8.24. The highest BCUT2D eigenvalue weighted by Gasteiger charge is 2.25. The summed E-state index contributed by atoms with van der Waals surface area (Å²) in [5.74, 6) is -0.274. The first-order valence-corrected chi connectivity index (χ1v) is 4.99. The summed E-state index contributed by atoms with van der Waals surface area (Å²) in [6, 6.07) is 5.93. The largest absolute Gasteiger partial charge is 0.307 e. The van der Waals surface area contributed by atoms with Gasteiger partial charge in [-0.3, -0.25) is 0 Å². The first kappa shape index (κ1) is 10.3. The molecule has 0 spiro atoms. The van der Waals surface area contributed by atoms with E-state index < -0.39 is 0 Å².